The van der Waals surface area contributed by atoms with E-state index in [0.717, 1.165) is 5.01 Å². The first-order valence-corrected chi connectivity index (χ1v) is 10.6. The molecule has 150 valence electrons. The number of hydrogen-bond donors (Lipinski definition) is 0. The Kier molecular flexibility index (Phi) is 5.78. The molecular weight excluding hydrogens is 388 g/mol. The number of esters is 2. The molecule has 10 heteroatoms. The Morgan fingerprint density at radius 3 is 2.50 bits per heavy atom. The summed E-state index contributed by atoms with van der Waals surface area (Å²) in [6.07, 6.45) is 0.541. The van der Waals surface area contributed by atoms with Gasteiger partial charge in [-0.3, -0.25) is 4.79 Å². The van der Waals surface area contributed by atoms with E-state index in [1.807, 2.05) is 0 Å². The number of methoxy groups -OCH3 is 1. The van der Waals surface area contributed by atoms with Gasteiger partial charge in [0, 0.05) is 12.8 Å². The van der Waals surface area contributed by atoms with Crippen LogP contribution in [0.25, 0.3) is 0 Å². The van der Waals surface area contributed by atoms with E-state index in [0.29, 0.717) is 17.5 Å². The van der Waals surface area contributed by atoms with Crippen LogP contribution < -0.4 is 0 Å². The van der Waals surface area contributed by atoms with Crippen molar-refractivity contribution in [2.75, 3.05) is 18.6 Å². The summed E-state index contributed by atoms with van der Waals surface area (Å²) in [7, 11) is -1.89. The van der Waals surface area contributed by atoms with E-state index in [2.05, 4.69) is 9.84 Å². The fourth-order valence-corrected chi connectivity index (χ4v) is 4.75. The second kappa shape index (κ2) is 8.09. The quantitative estimate of drug-likeness (QED) is 0.657. The lowest BCUT2D eigenvalue weighted by Gasteiger charge is -2.27. The van der Waals surface area contributed by atoms with Crippen LogP contribution in [-0.2, 0) is 35.5 Å². The van der Waals surface area contributed by atoms with Crippen molar-refractivity contribution in [3.05, 3.63) is 35.4 Å². The van der Waals surface area contributed by atoms with Crippen molar-refractivity contribution >= 4 is 33.4 Å². The first kappa shape index (κ1) is 20.0. The van der Waals surface area contributed by atoms with Gasteiger partial charge in [-0.2, -0.15) is 5.10 Å². The maximum Gasteiger partial charge on any atom is 0.354 e. The topological polar surface area (TPSA) is 119 Å². The predicted molar refractivity (Wildman–Crippen MR) is 98.2 cm³/mol. The Balaban J connectivity index is 1.62. The average molecular weight is 408 g/mol. The number of hydrazone groups is 1. The van der Waals surface area contributed by atoms with Crippen molar-refractivity contribution in [2.45, 2.75) is 31.9 Å². The van der Waals surface area contributed by atoms with Crippen molar-refractivity contribution in [2.24, 2.45) is 5.10 Å². The largest absolute Gasteiger partial charge is 0.465 e. The van der Waals surface area contributed by atoms with Crippen molar-refractivity contribution in [3.8, 4) is 0 Å². The molecule has 2 aliphatic rings. The van der Waals surface area contributed by atoms with Gasteiger partial charge in [-0.25, -0.2) is 23.0 Å². The monoisotopic (exact) mass is 408 g/mol. The van der Waals surface area contributed by atoms with E-state index >= 15 is 0 Å². The van der Waals surface area contributed by atoms with Crippen LogP contribution in [0.1, 0.15) is 35.2 Å². The van der Waals surface area contributed by atoms with Crippen molar-refractivity contribution in [3.63, 3.8) is 0 Å². The van der Waals surface area contributed by atoms with Gasteiger partial charge in [-0.15, -0.1) is 0 Å². The third kappa shape index (κ3) is 4.56. The number of carbonyl (C=O) groups is 3. The van der Waals surface area contributed by atoms with E-state index in [-0.39, 0.29) is 42.6 Å². The number of nitrogens with zero attached hydrogens (tertiary/aromatic N) is 2. The zero-order valence-corrected chi connectivity index (χ0v) is 16.1. The molecule has 1 aromatic rings. The van der Waals surface area contributed by atoms with Crippen LogP contribution in [0.4, 0.5) is 0 Å². The zero-order chi connectivity index (χ0) is 20.3. The van der Waals surface area contributed by atoms with Crippen LogP contribution in [0.15, 0.2) is 29.4 Å². The minimum atomic E-state index is -3.18. The van der Waals surface area contributed by atoms with E-state index < -0.39 is 27.8 Å². The molecule has 0 spiro atoms. The lowest BCUT2D eigenvalue weighted by Crippen LogP contribution is -2.42. The molecule has 0 aromatic heterocycles. The normalized spacial score (nSPS) is 21.2. The second-order valence-electron chi connectivity index (χ2n) is 6.61. The molecule has 2 heterocycles. The molecular formula is C18H20N2O7S. The summed E-state index contributed by atoms with van der Waals surface area (Å²) in [5.41, 5.74) is 1.15. The lowest BCUT2D eigenvalue weighted by atomic mass is 10.1. The van der Waals surface area contributed by atoms with Crippen molar-refractivity contribution < 1.29 is 32.3 Å². The molecule has 0 N–H and O–H groups in total. The summed E-state index contributed by atoms with van der Waals surface area (Å²) in [4.78, 5) is 35.8. The van der Waals surface area contributed by atoms with Gasteiger partial charge >= 0.3 is 11.9 Å². The molecule has 0 aliphatic carbocycles. The Labute approximate surface area is 162 Å². The Morgan fingerprint density at radius 1 is 1.18 bits per heavy atom. The maximum atomic E-state index is 12.3. The lowest BCUT2D eigenvalue weighted by molar-refractivity contribution is -0.138. The Morgan fingerprint density at radius 2 is 1.89 bits per heavy atom. The number of amides is 1. The number of benzene rings is 1. The van der Waals surface area contributed by atoms with Crippen LogP contribution in [0.2, 0.25) is 0 Å². The molecule has 0 bridgehead atoms. The van der Waals surface area contributed by atoms with Crippen molar-refractivity contribution in [1.82, 2.24) is 5.01 Å². The first-order valence-electron chi connectivity index (χ1n) is 8.73. The molecule has 2 aliphatic heterocycles. The smallest absolute Gasteiger partial charge is 0.354 e. The maximum absolute atomic E-state index is 12.3. The second-order valence-corrected chi connectivity index (χ2v) is 8.84. The van der Waals surface area contributed by atoms with E-state index in [9.17, 15) is 22.8 Å². The van der Waals surface area contributed by atoms with Gasteiger partial charge in [0.1, 0.15) is 12.3 Å². The molecule has 0 unspecified atom stereocenters. The highest BCUT2D eigenvalue weighted by atomic mass is 32.2. The number of hydrogen-bond acceptors (Lipinski definition) is 8. The van der Waals surface area contributed by atoms with Crippen molar-refractivity contribution in [1.29, 1.82) is 0 Å². The zero-order valence-electron chi connectivity index (χ0n) is 15.3. The van der Waals surface area contributed by atoms with Crippen LogP contribution in [0.3, 0.4) is 0 Å². The van der Waals surface area contributed by atoms with Gasteiger partial charge in [0.25, 0.3) is 0 Å². The van der Waals surface area contributed by atoms with Crippen LogP contribution in [0, 0.1) is 0 Å². The summed E-state index contributed by atoms with van der Waals surface area (Å²) in [6.45, 7) is -0.0228. The third-order valence-electron chi connectivity index (χ3n) is 4.59. The van der Waals surface area contributed by atoms with E-state index in [1.54, 1.807) is 24.3 Å². The van der Waals surface area contributed by atoms with Gasteiger partial charge in [-0.05, 0) is 24.1 Å². The minimum absolute atomic E-state index is 0.0122. The minimum Gasteiger partial charge on any atom is -0.465 e. The molecule has 28 heavy (non-hydrogen) atoms. The predicted octanol–water partition coefficient (Wildman–Crippen LogP) is 0.682. The molecule has 1 fully saturated rings. The SMILES string of the molecule is COC(=O)c1ccc(COC(=O)C2=NN([C@@H]3CCS(=O)(=O)C3)C(=O)CC2)cc1. The van der Waals surface area contributed by atoms with Gasteiger partial charge in [0.15, 0.2) is 9.84 Å². The molecule has 1 atom stereocenters. The molecule has 9 nitrogen and oxygen atoms in total. The fraction of sp³-hybridized carbons (Fsp3) is 0.444. The third-order valence-corrected chi connectivity index (χ3v) is 6.34. The summed E-state index contributed by atoms with van der Waals surface area (Å²) in [5.74, 6) is -1.54. The molecule has 1 saturated heterocycles. The number of carbonyl (C=O) groups excluding carboxylic acids is 3. The molecule has 1 aromatic carbocycles. The fourth-order valence-electron chi connectivity index (χ4n) is 3.06. The summed E-state index contributed by atoms with van der Waals surface area (Å²) in [6, 6.07) is 5.87. The summed E-state index contributed by atoms with van der Waals surface area (Å²) < 4.78 is 33.1. The first-order chi connectivity index (χ1) is 13.3. The Hall–Kier alpha value is -2.75. The number of rotatable bonds is 5. The van der Waals surface area contributed by atoms with Gasteiger partial charge in [-0.1, -0.05) is 12.1 Å². The van der Waals surface area contributed by atoms with E-state index in [4.69, 9.17) is 4.74 Å². The van der Waals surface area contributed by atoms with Crippen LogP contribution >= 0.6 is 0 Å². The Bertz CT molecular complexity index is 922. The standard InChI is InChI=1S/C18H20N2O7S/c1-26-17(22)13-4-2-12(3-5-13)10-27-18(23)15-6-7-16(21)20(19-15)14-8-9-28(24,25)11-14/h2-5,14H,6-11H2,1H3/t14-/m1/s1. The molecule has 1 amide bonds. The average Bonchev–Trinajstić information content (AvgIpc) is 3.05. The van der Waals surface area contributed by atoms with Gasteiger partial charge in [0.2, 0.25) is 5.91 Å². The summed E-state index contributed by atoms with van der Waals surface area (Å²) in [5, 5.41) is 5.19. The highest BCUT2D eigenvalue weighted by Crippen LogP contribution is 2.22. The summed E-state index contributed by atoms with van der Waals surface area (Å²) >= 11 is 0. The van der Waals surface area contributed by atoms with E-state index in [1.165, 1.54) is 7.11 Å². The number of ether oxygens (including phenoxy) is 2. The van der Waals surface area contributed by atoms with Gasteiger partial charge in [0.05, 0.1) is 30.2 Å². The number of sulfone groups is 1. The highest BCUT2D eigenvalue weighted by Gasteiger charge is 2.37. The van der Waals surface area contributed by atoms with Crippen LogP contribution in [-0.4, -0.2) is 61.6 Å². The van der Waals surface area contributed by atoms with Gasteiger partial charge < -0.3 is 9.47 Å². The molecule has 0 radical (unpaired) electrons. The molecule has 0 saturated carbocycles. The highest BCUT2D eigenvalue weighted by molar-refractivity contribution is 7.91. The molecule has 3 rings (SSSR count). The van der Waals surface area contributed by atoms with Crippen LogP contribution in [0.5, 0.6) is 0 Å².